The van der Waals surface area contributed by atoms with Gasteiger partial charge in [0.05, 0.1) is 37.2 Å². The fourth-order valence-corrected chi connectivity index (χ4v) is 5.82. The molecule has 0 radical (unpaired) electrons. The number of esters is 1. The van der Waals surface area contributed by atoms with Crippen molar-refractivity contribution in [2.24, 2.45) is 17.8 Å². The largest absolute Gasteiger partial charge is 0.466 e. The first-order chi connectivity index (χ1) is 15.3. The molecule has 2 bridgehead atoms. The highest BCUT2D eigenvalue weighted by Gasteiger charge is 2.75. The highest BCUT2D eigenvalue weighted by atomic mass is 16.6. The van der Waals surface area contributed by atoms with Gasteiger partial charge in [-0.3, -0.25) is 14.4 Å². The maximum atomic E-state index is 14.0. The zero-order chi connectivity index (χ0) is 23.6. The zero-order valence-corrected chi connectivity index (χ0v) is 19.8. The van der Waals surface area contributed by atoms with Crippen LogP contribution in [0.1, 0.15) is 53.4 Å². The third-order valence-corrected chi connectivity index (χ3v) is 7.29. The molecule has 3 rings (SSSR count). The van der Waals surface area contributed by atoms with E-state index in [0.29, 0.717) is 25.9 Å². The number of aliphatic hydroxyl groups is 1. The lowest BCUT2D eigenvalue weighted by atomic mass is 9.70. The van der Waals surface area contributed by atoms with Crippen LogP contribution in [0.15, 0.2) is 12.7 Å². The van der Waals surface area contributed by atoms with Crippen LogP contribution < -0.4 is 0 Å². The molecule has 0 aromatic rings. The Balaban J connectivity index is 2.07. The Morgan fingerprint density at radius 1 is 1.41 bits per heavy atom. The molecule has 180 valence electrons. The molecular formula is C24H38N2O6. The standard InChI is InChI=1S/C24H38N2O6/c1-6-9-13-25(12-7-2)22(29)20-24-11-10-17(32-24)18(23(30)31-8-3)19(24)21(28)26(20)16(14-27)15(4)5/h7,15-20,27H,2,6,8-14H2,1,3-5H3/t16-,17-,18+,19-,20?,24?/m0/s1. The third-order valence-electron chi connectivity index (χ3n) is 7.29. The summed E-state index contributed by atoms with van der Waals surface area (Å²) in [6.07, 6.45) is 4.16. The highest BCUT2D eigenvalue weighted by Crippen LogP contribution is 2.59. The van der Waals surface area contributed by atoms with Gasteiger partial charge in [0.25, 0.3) is 0 Å². The number of ether oxygens (including phenoxy) is 2. The van der Waals surface area contributed by atoms with Crippen LogP contribution in [0.4, 0.5) is 0 Å². The van der Waals surface area contributed by atoms with Crippen molar-refractivity contribution in [2.45, 2.75) is 77.2 Å². The number of amides is 2. The van der Waals surface area contributed by atoms with Crippen molar-refractivity contribution in [2.75, 3.05) is 26.3 Å². The second-order valence-electron chi connectivity index (χ2n) is 9.47. The number of carbonyl (C=O) groups is 3. The van der Waals surface area contributed by atoms with Crippen LogP contribution in [0.2, 0.25) is 0 Å². The summed E-state index contributed by atoms with van der Waals surface area (Å²) in [7, 11) is 0. The summed E-state index contributed by atoms with van der Waals surface area (Å²) in [6.45, 7) is 12.3. The van der Waals surface area contributed by atoms with Gasteiger partial charge in [-0.1, -0.05) is 33.3 Å². The zero-order valence-electron chi connectivity index (χ0n) is 19.8. The Kier molecular flexibility index (Phi) is 7.65. The molecule has 6 atom stereocenters. The molecular weight excluding hydrogens is 412 g/mol. The number of unbranched alkanes of at least 4 members (excludes halogenated alkanes) is 1. The van der Waals surface area contributed by atoms with Crippen LogP contribution in [0.25, 0.3) is 0 Å². The van der Waals surface area contributed by atoms with Crippen LogP contribution in [0.5, 0.6) is 0 Å². The summed E-state index contributed by atoms with van der Waals surface area (Å²) in [5.41, 5.74) is -1.07. The molecule has 2 unspecified atom stereocenters. The van der Waals surface area contributed by atoms with Crippen molar-refractivity contribution < 1.29 is 29.0 Å². The Morgan fingerprint density at radius 2 is 2.12 bits per heavy atom. The number of rotatable bonds is 11. The van der Waals surface area contributed by atoms with Crippen LogP contribution in [-0.4, -0.2) is 82.8 Å². The molecule has 32 heavy (non-hydrogen) atoms. The van der Waals surface area contributed by atoms with Gasteiger partial charge >= 0.3 is 5.97 Å². The number of aliphatic hydroxyl groups excluding tert-OH is 1. The summed E-state index contributed by atoms with van der Waals surface area (Å²) < 4.78 is 11.7. The van der Waals surface area contributed by atoms with E-state index >= 15 is 0 Å². The van der Waals surface area contributed by atoms with Crippen LogP contribution in [0, 0.1) is 17.8 Å². The second-order valence-corrected chi connectivity index (χ2v) is 9.47. The quantitative estimate of drug-likeness (QED) is 0.381. The maximum Gasteiger partial charge on any atom is 0.312 e. The lowest BCUT2D eigenvalue weighted by Crippen LogP contribution is -2.59. The molecule has 3 aliphatic rings. The second kappa shape index (κ2) is 9.91. The van der Waals surface area contributed by atoms with Crippen LogP contribution in [-0.2, 0) is 23.9 Å². The number of likely N-dealkylation sites (tertiary alicyclic amines) is 1. The first-order valence-corrected chi connectivity index (χ1v) is 12.0. The maximum absolute atomic E-state index is 14.0. The number of hydrogen-bond acceptors (Lipinski definition) is 6. The SMILES string of the molecule is C=CCN(CCCC)C(=O)C1N([C@@H](CO)C(C)C)C(=O)[C@@H]2[C@H](C(=O)OCC)[C@@H]3CCC12O3. The van der Waals surface area contributed by atoms with Gasteiger partial charge in [0.15, 0.2) is 0 Å². The van der Waals surface area contributed by atoms with E-state index < -0.39 is 41.6 Å². The summed E-state index contributed by atoms with van der Waals surface area (Å²) in [5.74, 6) is -2.48. The molecule has 0 saturated carbocycles. The van der Waals surface area contributed by atoms with Gasteiger partial charge in [0.1, 0.15) is 11.6 Å². The molecule has 3 aliphatic heterocycles. The van der Waals surface area contributed by atoms with Crippen molar-refractivity contribution in [3.8, 4) is 0 Å². The lowest BCUT2D eigenvalue weighted by Gasteiger charge is -2.40. The molecule has 3 heterocycles. The molecule has 2 amide bonds. The molecule has 0 aliphatic carbocycles. The van der Waals surface area contributed by atoms with Crippen LogP contribution in [0.3, 0.4) is 0 Å². The van der Waals surface area contributed by atoms with E-state index in [2.05, 4.69) is 13.5 Å². The van der Waals surface area contributed by atoms with E-state index in [4.69, 9.17) is 9.47 Å². The predicted molar refractivity (Wildman–Crippen MR) is 118 cm³/mol. The molecule has 0 aromatic heterocycles. The smallest absolute Gasteiger partial charge is 0.312 e. The Hall–Kier alpha value is -1.93. The van der Waals surface area contributed by atoms with Gasteiger partial charge in [-0.15, -0.1) is 6.58 Å². The Morgan fingerprint density at radius 3 is 2.69 bits per heavy atom. The molecule has 3 fully saturated rings. The minimum Gasteiger partial charge on any atom is -0.466 e. The van der Waals surface area contributed by atoms with Gasteiger partial charge < -0.3 is 24.4 Å². The van der Waals surface area contributed by atoms with Crippen molar-refractivity contribution >= 4 is 17.8 Å². The topological polar surface area (TPSA) is 96.4 Å². The van der Waals surface area contributed by atoms with E-state index in [1.807, 2.05) is 13.8 Å². The fourth-order valence-electron chi connectivity index (χ4n) is 5.82. The highest BCUT2D eigenvalue weighted by molar-refractivity contribution is 5.98. The lowest BCUT2D eigenvalue weighted by molar-refractivity contribution is -0.156. The normalized spacial score (nSPS) is 31.7. The van der Waals surface area contributed by atoms with Crippen molar-refractivity contribution in [1.82, 2.24) is 9.80 Å². The van der Waals surface area contributed by atoms with Gasteiger partial charge in [0.2, 0.25) is 11.8 Å². The molecule has 1 spiro atoms. The number of fused-ring (bicyclic) bond motifs is 1. The number of hydrogen-bond donors (Lipinski definition) is 1. The van der Waals surface area contributed by atoms with Crippen LogP contribution >= 0.6 is 0 Å². The summed E-state index contributed by atoms with van der Waals surface area (Å²) >= 11 is 0. The van der Waals surface area contributed by atoms with Gasteiger partial charge in [0, 0.05) is 13.1 Å². The predicted octanol–water partition coefficient (Wildman–Crippen LogP) is 1.76. The molecule has 3 saturated heterocycles. The van der Waals surface area contributed by atoms with E-state index in [1.54, 1.807) is 17.9 Å². The number of carbonyl (C=O) groups excluding carboxylic acids is 3. The summed E-state index contributed by atoms with van der Waals surface area (Å²) in [5, 5.41) is 10.2. The molecule has 1 N–H and O–H groups in total. The minimum atomic E-state index is -1.07. The van der Waals surface area contributed by atoms with E-state index in [-0.39, 0.29) is 30.9 Å². The molecule has 8 heteroatoms. The third kappa shape index (κ3) is 3.85. The van der Waals surface area contributed by atoms with Gasteiger partial charge in [-0.2, -0.15) is 0 Å². The van der Waals surface area contributed by atoms with Crippen molar-refractivity contribution in [1.29, 1.82) is 0 Å². The van der Waals surface area contributed by atoms with E-state index in [0.717, 1.165) is 12.8 Å². The average Bonchev–Trinajstić information content (AvgIpc) is 3.39. The summed E-state index contributed by atoms with van der Waals surface area (Å²) in [4.78, 5) is 43.9. The molecule has 8 nitrogen and oxygen atoms in total. The van der Waals surface area contributed by atoms with E-state index in [1.165, 1.54) is 4.90 Å². The fraction of sp³-hybridized carbons (Fsp3) is 0.792. The van der Waals surface area contributed by atoms with Crippen molar-refractivity contribution in [3.63, 3.8) is 0 Å². The molecule has 0 aromatic carbocycles. The Labute approximate surface area is 190 Å². The summed E-state index contributed by atoms with van der Waals surface area (Å²) in [6, 6.07) is -1.42. The minimum absolute atomic E-state index is 0.0729. The monoisotopic (exact) mass is 450 g/mol. The van der Waals surface area contributed by atoms with Crippen molar-refractivity contribution in [3.05, 3.63) is 12.7 Å². The van der Waals surface area contributed by atoms with Gasteiger partial charge in [-0.05, 0) is 32.1 Å². The Bertz CT molecular complexity index is 740. The van der Waals surface area contributed by atoms with E-state index in [9.17, 15) is 19.5 Å². The van der Waals surface area contributed by atoms with Gasteiger partial charge in [-0.25, -0.2) is 0 Å². The first kappa shape index (κ1) is 24.7. The first-order valence-electron chi connectivity index (χ1n) is 12.0. The average molecular weight is 451 g/mol. The number of nitrogens with zero attached hydrogens (tertiary/aromatic N) is 2.